The van der Waals surface area contributed by atoms with Gasteiger partial charge in [0.05, 0.1) is 7.11 Å². The molecule has 0 saturated carbocycles. The van der Waals surface area contributed by atoms with Gasteiger partial charge >= 0.3 is 5.97 Å². The van der Waals surface area contributed by atoms with Gasteiger partial charge in [0.1, 0.15) is 18.0 Å². The van der Waals surface area contributed by atoms with Crippen LogP contribution in [-0.2, 0) is 16.3 Å². The van der Waals surface area contributed by atoms with Crippen molar-refractivity contribution < 1.29 is 19.1 Å². The van der Waals surface area contributed by atoms with Crippen LogP contribution in [0.5, 0.6) is 5.75 Å². The molecule has 110 valence electrons. The Morgan fingerprint density at radius 3 is 2.71 bits per heavy atom. The summed E-state index contributed by atoms with van der Waals surface area (Å²) in [4.78, 5) is 22.6. The lowest BCUT2D eigenvalue weighted by atomic mass is 10.3. The molecule has 0 spiro atoms. The second-order valence-corrected chi connectivity index (χ2v) is 4.09. The molecule has 7 heteroatoms. The molecule has 1 heterocycles. The zero-order valence-corrected chi connectivity index (χ0v) is 11.5. The van der Waals surface area contributed by atoms with Gasteiger partial charge in [-0.15, -0.1) is 0 Å². The molecule has 0 fully saturated rings. The number of benzene rings is 1. The average Bonchev–Trinajstić information content (AvgIpc) is 3.00. The molecule has 1 aromatic carbocycles. The SMILES string of the molecule is COC(=O)CNC(=O)c1ccn(COc2ccccc2)n1. The summed E-state index contributed by atoms with van der Waals surface area (Å²) in [6.07, 6.45) is 1.62. The van der Waals surface area contributed by atoms with Gasteiger partial charge in [0, 0.05) is 6.20 Å². The number of aromatic nitrogens is 2. The molecular weight excluding hydrogens is 274 g/mol. The Hall–Kier alpha value is -2.83. The van der Waals surface area contributed by atoms with Crippen LogP contribution in [0.15, 0.2) is 42.6 Å². The average molecular weight is 289 g/mol. The summed E-state index contributed by atoms with van der Waals surface area (Å²) in [5.74, 6) is -0.251. The first-order valence-electron chi connectivity index (χ1n) is 6.25. The van der Waals surface area contributed by atoms with Crippen molar-refractivity contribution in [1.82, 2.24) is 15.1 Å². The van der Waals surface area contributed by atoms with E-state index in [1.165, 1.54) is 11.8 Å². The van der Waals surface area contributed by atoms with Gasteiger partial charge in [-0.25, -0.2) is 4.68 Å². The molecule has 7 nitrogen and oxygen atoms in total. The fraction of sp³-hybridized carbons (Fsp3) is 0.214. The third kappa shape index (κ3) is 4.34. The number of esters is 1. The van der Waals surface area contributed by atoms with Gasteiger partial charge in [0.25, 0.3) is 5.91 Å². The third-order valence-corrected chi connectivity index (χ3v) is 2.60. The molecule has 0 aliphatic heterocycles. The minimum Gasteiger partial charge on any atom is -0.471 e. The maximum absolute atomic E-state index is 11.7. The van der Waals surface area contributed by atoms with Gasteiger partial charge in [-0.1, -0.05) is 18.2 Å². The van der Waals surface area contributed by atoms with Crippen LogP contribution >= 0.6 is 0 Å². The summed E-state index contributed by atoms with van der Waals surface area (Å²) >= 11 is 0. The summed E-state index contributed by atoms with van der Waals surface area (Å²) in [7, 11) is 1.25. The van der Waals surface area contributed by atoms with Crippen molar-refractivity contribution in [3.63, 3.8) is 0 Å². The van der Waals surface area contributed by atoms with Gasteiger partial charge in [-0.3, -0.25) is 9.59 Å². The summed E-state index contributed by atoms with van der Waals surface area (Å²) < 4.78 is 11.4. The number of hydrogen-bond donors (Lipinski definition) is 1. The van der Waals surface area contributed by atoms with Crippen molar-refractivity contribution in [3.05, 3.63) is 48.3 Å². The number of carbonyl (C=O) groups is 2. The van der Waals surface area contributed by atoms with E-state index in [0.717, 1.165) is 0 Å². The van der Waals surface area contributed by atoms with Crippen molar-refractivity contribution in [1.29, 1.82) is 0 Å². The Balaban J connectivity index is 1.86. The second kappa shape index (κ2) is 7.09. The minimum absolute atomic E-state index is 0.189. The fourth-order valence-electron chi connectivity index (χ4n) is 1.53. The van der Waals surface area contributed by atoms with E-state index < -0.39 is 11.9 Å². The highest BCUT2D eigenvalue weighted by atomic mass is 16.5. The molecule has 0 aliphatic carbocycles. The Bertz CT molecular complexity index is 610. The van der Waals surface area contributed by atoms with Crippen LogP contribution in [0.25, 0.3) is 0 Å². The smallest absolute Gasteiger partial charge is 0.325 e. The first-order valence-corrected chi connectivity index (χ1v) is 6.25. The van der Waals surface area contributed by atoms with E-state index in [1.807, 2.05) is 30.3 Å². The van der Waals surface area contributed by atoms with Gasteiger partial charge in [-0.05, 0) is 18.2 Å². The van der Waals surface area contributed by atoms with Crippen LogP contribution in [0.1, 0.15) is 10.5 Å². The van der Waals surface area contributed by atoms with E-state index in [2.05, 4.69) is 15.2 Å². The Labute approximate surface area is 121 Å². The third-order valence-electron chi connectivity index (χ3n) is 2.60. The van der Waals surface area contributed by atoms with Crippen LogP contribution < -0.4 is 10.1 Å². The summed E-state index contributed by atoms with van der Waals surface area (Å²) in [5.41, 5.74) is 0.204. The summed E-state index contributed by atoms with van der Waals surface area (Å²) in [5, 5.41) is 6.46. The lowest BCUT2D eigenvalue weighted by Gasteiger charge is -2.05. The lowest BCUT2D eigenvalue weighted by Crippen LogP contribution is -2.30. The number of hydrogen-bond acceptors (Lipinski definition) is 5. The van der Waals surface area contributed by atoms with Crippen molar-refractivity contribution in [3.8, 4) is 5.75 Å². The molecule has 21 heavy (non-hydrogen) atoms. The van der Waals surface area contributed by atoms with Crippen molar-refractivity contribution >= 4 is 11.9 Å². The number of methoxy groups -OCH3 is 1. The largest absolute Gasteiger partial charge is 0.471 e. The molecule has 0 unspecified atom stereocenters. The maximum Gasteiger partial charge on any atom is 0.325 e. The molecule has 2 aromatic rings. The molecule has 0 atom stereocenters. The van der Waals surface area contributed by atoms with Crippen molar-refractivity contribution in [2.45, 2.75) is 6.73 Å². The van der Waals surface area contributed by atoms with Crippen LogP contribution in [0.3, 0.4) is 0 Å². The van der Waals surface area contributed by atoms with E-state index in [4.69, 9.17) is 4.74 Å². The Morgan fingerprint density at radius 1 is 1.24 bits per heavy atom. The van der Waals surface area contributed by atoms with Crippen LogP contribution in [0.2, 0.25) is 0 Å². The fourth-order valence-corrected chi connectivity index (χ4v) is 1.53. The zero-order valence-electron chi connectivity index (χ0n) is 11.5. The lowest BCUT2D eigenvalue weighted by molar-refractivity contribution is -0.139. The summed E-state index contributed by atoms with van der Waals surface area (Å²) in [6, 6.07) is 10.8. The van der Waals surface area contributed by atoms with E-state index in [-0.39, 0.29) is 19.0 Å². The van der Waals surface area contributed by atoms with Gasteiger partial charge < -0.3 is 14.8 Å². The summed E-state index contributed by atoms with van der Waals surface area (Å²) in [6.45, 7) is -0.00297. The molecule has 0 aliphatic rings. The Morgan fingerprint density at radius 2 is 2.00 bits per heavy atom. The van der Waals surface area contributed by atoms with E-state index >= 15 is 0 Å². The van der Waals surface area contributed by atoms with Gasteiger partial charge in [0.15, 0.2) is 6.73 Å². The first kappa shape index (κ1) is 14.6. The predicted octanol–water partition coefficient (Wildman–Crippen LogP) is 0.822. The first-order chi connectivity index (χ1) is 10.2. The minimum atomic E-state index is -0.518. The number of amides is 1. The van der Waals surface area contributed by atoms with E-state index in [1.54, 1.807) is 12.3 Å². The highest BCUT2D eigenvalue weighted by molar-refractivity contribution is 5.94. The van der Waals surface area contributed by atoms with Gasteiger partial charge in [-0.2, -0.15) is 5.10 Å². The van der Waals surface area contributed by atoms with E-state index in [0.29, 0.717) is 5.75 Å². The molecule has 0 radical (unpaired) electrons. The molecule has 1 aromatic heterocycles. The number of rotatable bonds is 6. The van der Waals surface area contributed by atoms with Crippen LogP contribution in [-0.4, -0.2) is 35.3 Å². The molecule has 0 saturated heterocycles. The van der Waals surface area contributed by atoms with Crippen LogP contribution in [0, 0.1) is 0 Å². The highest BCUT2D eigenvalue weighted by Crippen LogP contribution is 2.08. The highest BCUT2D eigenvalue weighted by Gasteiger charge is 2.11. The van der Waals surface area contributed by atoms with E-state index in [9.17, 15) is 9.59 Å². The quantitative estimate of drug-likeness (QED) is 0.796. The number of nitrogens with one attached hydrogen (secondary N) is 1. The second-order valence-electron chi connectivity index (χ2n) is 4.09. The standard InChI is InChI=1S/C14H15N3O4/c1-20-13(18)9-15-14(19)12-7-8-17(16-12)10-21-11-5-3-2-4-6-11/h2-8H,9-10H2,1H3,(H,15,19). The topological polar surface area (TPSA) is 82.5 Å². The molecule has 1 N–H and O–H groups in total. The number of carbonyl (C=O) groups excluding carboxylic acids is 2. The predicted molar refractivity (Wildman–Crippen MR) is 73.6 cm³/mol. The monoisotopic (exact) mass is 289 g/mol. The number of nitrogens with zero attached hydrogens (tertiary/aromatic N) is 2. The van der Waals surface area contributed by atoms with Crippen LogP contribution in [0.4, 0.5) is 0 Å². The molecular formula is C14H15N3O4. The molecule has 2 rings (SSSR count). The zero-order chi connectivity index (χ0) is 15.1. The van der Waals surface area contributed by atoms with Crippen molar-refractivity contribution in [2.24, 2.45) is 0 Å². The maximum atomic E-state index is 11.7. The number of para-hydroxylation sites is 1. The normalized spacial score (nSPS) is 9.95. The molecule has 1 amide bonds. The Kier molecular flexibility index (Phi) is 4.92. The number of ether oxygens (including phenoxy) is 2. The van der Waals surface area contributed by atoms with Crippen molar-refractivity contribution in [2.75, 3.05) is 13.7 Å². The van der Waals surface area contributed by atoms with Gasteiger partial charge in [0.2, 0.25) is 0 Å². The molecule has 0 bridgehead atoms.